The highest BCUT2D eigenvalue weighted by Gasteiger charge is 2.20. The van der Waals surface area contributed by atoms with Gasteiger partial charge in [0.15, 0.2) is 0 Å². The number of aliphatic hydroxyl groups excluding tert-OH is 1. The third kappa shape index (κ3) is 2.70. The highest BCUT2D eigenvalue weighted by molar-refractivity contribution is 5.67. The molecule has 1 fully saturated rings. The van der Waals surface area contributed by atoms with Crippen molar-refractivity contribution in [3.8, 4) is 0 Å². The van der Waals surface area contributed by atoms with Crippen LogP contribution in [0.15, 0.2) is 0 Å². The molecule has 0 aromatic heterocycles. The molecular formula is C8H15NO3. The van der Waals surface area contributed by atoms with Gasteiger partial charge in [0.05, 0.1) is 13.2 Å². The van der Waals surface area contributed by atoms with E-state index < -0.39 is 0 Å². The molecule has 70 valence electrons. The molecule has 0 atom stereocenters. The van der Waals surface area contributed by atoms with E-state index in [1.807, 2.05) is 0 Å². The van der Waals surface area contributed by atoms with Crippen LogP contribution in [0.2, 0.25) is 0 Å². The molecule has 0 unspecified atom stereocenters. The maximum absolute atomic E-state index is 10.8. The van der Waals surface area contributed by atoms with Gasteiger partial charge in [-0.2, -0.15) is 0 Å². The van der Waals surface area contributed by atoms with E-state index >= 15 is 0 Å². The summed E-state index contributed by atoms with van der Waals surface area (Å²) >= 11 is 0. The number of alkyl carbamates (subject to hydrolysis) is 1. The lowest BCUT2D eigenvalue weighted by molar-refractivity contribution is 0.111. The van der Waals surface area contributed by atoms with Crippen LogP contribution < -0.4 is 5.32 Å². The Labute approximate surface area is 71.9 Å². The van der Waals surface area contributed by atoms with Crippen molar-refractivity contribution < 1.29 is 14.6 Å². The lowest BCUT2D eigenvalue weighted by Gasteiger charge is -2.25. The Balaban J connectivity index is 2.21. The fraction of sp³-hybridized carbons (Fsp3) is 0.875. The second-order valence-corrected chi connectivity index (χ2v) is 3.14. The Morgan fingerprint density at radius 3 is 2.50 bits per heavy atom. The van der Waals surface area contributed by atoms with Gasteiger partial charge in [-0.3, -0.25) is 0 Å². The van der Waals surface area contributed by atoms with Crippen molar-refractivity contribution in [1.29, 1.82) is 0 Å². The molecule has 0 aliphatic heterocycles. The highest BCUT2D eigenvalue weighted by atomic mass is 16.5. The summed E-state index contributed by atoms with van der Waals surface area (Å²) in [5, 5.41) is 11.9. The number of nitrogens with one attached hydrogen (secondary N) is 1. The molecule has 1 aliphatic rings. The number of methoxy groups -OCH3 is 1. The van der Waals surface area contributed by atoms with Gasteiger partial charge >= 0.3 is 6.09 Å². The first-order valence-corrected chi connectivity index (χ1v) is 4.25. The maximum Gasteiger partial charge on any atom is 0.407 e. The predicted molar refractivity (Wildman–Crippen MR) is 43.8 cm³/mol. The molecule has 4 nitrogen and oxygen atoms in total. The summed E-state index contributed by atoms with van der Waals surface area (Å²) in [6.45, 7) is 0. The molecule has 0 spiro atoms. The van der Waals surface area contributed by atoms with Crippen LogP contribution in [-0.4, -0.2) is 30.5 Å². The van der Waals surface area contributed by atoms with E-state index in [1.165, 1.54) is 7.11 Å². The van der Waals surface area contributed by atoms with Gasteiger partial charge < -0.3 is 15.2 Å². The molecule has 4 heteroatoms. The first-order chi connectivity index (χ1) is 5.72. The summed E-state index contributed by atoms with van der Waals surface area (Å²) in [7, 11) is 1.35. The van der Waals surface area contributed by atoms with E-state index in [1.54, 1.807) is 0 Å². The second kappa shape index (κ2) is 4.30. The Morgan fingerprint density at radius 2 is 2.00 bits per heavy atom. The molecule has 0 bridgehead atoms. The molecule has 0 radical (unpaired) electrons. The second-order valence-electron chi connectivity index (χ2n) is 3.14. The molecule has 0 heterocycles. The van der Waals surface area contributed by atoms with Crippen molar-refractivity contribution >= 4 is 6.09 Å². The molecule has 0 saturated heterocycles. The van der Waals surface area contributed by atoms with Gasteiger partial charge in [0.25, 0.3) is 0 Å². The van der Waals surface area contributed by atoms with Crippen molar-refractivity contribution in [2.75, 3.05) is 7.11 Å². The summed E-state index contributed by atoms with van der Waals surface area (Å²) in [6.07, 6.45) is 2.67. The fourth-order valence-electron chi connectivity index (χ4n) is 1.45. The molecule has 12 heavy (non-hydrogen) atoms. The topological polar surface area (TPSA) is 58.6 Å². The van der Waals surface area contributed by atoms with Gasteiger partial charge in [0, 0.05) is 6.04 Å². The largest absolute Gasteiger partial charge is 0.453 e. The zero-order valence-corrected chi connectivity index (χ0v) is 7.25. The minimum Gasteiger partial charge on any atom is -0.453 e. The molecule has 1 saturated carbocycles. The lowest BCUT2D eigenvalue weighted by Crippen LogP contribution is -2.38. The van der Waals surface area contributed by atoms with E-state index in [-0.39, 0.29) is 18.2 Å². The molecule has 2 N–H and O–H groups in total. The lowest BCUT2D eigenvalue weighted by atomic mass is 9.93. The summed E-state index contributed by atoms with van der Waals surface area (Å²) in [6, 6.07) is 0.181. The number of hydrogen-bond donors (Lipinski definition) is 2. The maximum atomic E-state index is 10.8. The van der Waals surface area contributed by atoms with Crippen LogP contribution in [0.4, 0.5) is 4.79 Å². The van der Waals surface area contributed by atoms with Crippen LogP contribution >= 0.6 is 0 Å². The minimum atomic E-state index is -0.378. The van der Waals surface area contributed by atoms with Crippen LogP contribution in [0.3, 0.4) is 0 Å². The van der Waals surface area contributed by atoms with E-state index in [4.69, 9.17) is 0 Å². The zero-order chi connectivity index (χ0) is 8.97. The third-order valence-corrected chi connectivity index (χ3v) is 2.20. The van der Waals surface area contributed by atoms with Crippen LogP contribution in [0.5, 0.6) is 0 Å². The molecule has 0 aromatic rings. The predicted octanol–water partition coefficient (Wildman–Crippen LogP) is 0.646. The first-order valence-electron chi connectivity index (χ1n) is 4.25. The zero-order valence-electron chi connectivity index (χ0n) is 7.25. The van der Waals surface area contributed by atoms with E-state index in [0.717, 1.165) is 25.7 Å². The van der Waals surface area contributed by atoms with Crippen molar-refractivity contribution in [1.82, 2.24) is 5.32 Å². The van der Waals surface area contributed by atoms with Gasteiger partial charge in [-0.1, -0.05) is 0 Å². The van der Waals surface area contributed by atoms with Crippen molar-refractivity contribution in [2.24, 2.45) is 0 Å². The standard InChI is InChI=1S/C8H15NO3/c1-12-8(11)9-6-2-4-7(10)5-3-6/h6-7,10H,2-5H2,1H3,(H,9,11)/t6-,7-. The number of carbonyl (C=O) groups is 1. The van der Waals surface area contributed by atoms with Crippen LogP contribution in [0.25, 0.3) is 0 Å². The summed E-state index contributed by atoms with van der Waals surface area (Å²) in [4.78, 5) is 10.8. The van der Waals surface area contributed by atoms with E-state index in [2.05, 4.69) is 10.1 Å². The normalized spacial score (nSPS) is 29.5. The number of ether oxygens (including phenoxy) is 1. The molecule has 1 amide bonds. The molecule has 1 rings (SSSR count). The van der Waals surface area contributed by atoms with Gasteiger partial charge in [-0.25, -0.2) is 4.79 Å². The Bertz CT molecular complexity index is 152. The van der Waals surface area contributed by atoms with Crippen LogP contribution in [-0.2, 0) is 4.74 Å². The summed E-state index contributed by atoms with van der Waals surface area (Å²) in [5.74, 6) is 0. The smallest absolute Gasteiger partial charge is 0.407 e. The quantitative estimate of drug-likeness (QED) is 0.612. The van der Waals surface area contributed by atoms with E-state index in [9.17, 15) is 9.90 Å². The van der Waals surface area contributed by atoms with Crippen molar-refractivity contribution in [3.05, 3.63) is 0 Å². The third-order valence-electron chi connectivity index (χ3n) is 2.20. The van der Waals surface area contributed by atoms with Crippen molar-refractivity contribution in [3.63, 3.8) is 0 Å². The van der Waals surface area contributed by atoms with Gasteiger partial charge in [-0.05, 0) is 25.7 Å². The monoisotopic (exact) mass is 173 g/mol. The summed E-state index contributed by atoms with van der Waals surface area (Å²) in [5.41, 5.74) is 0. The van der Waals surface area contributed by atoms with Gasteiger partial charge in [-0.15, -0.1) is 0 Å². The Hall–Kier alpha value is -0.770. The SMILES string of the molecule is COC(=O)N[C@H]1CC[C@H](O)CC1. The van der Waals surface area contributed by atoms with Crippen molar-refractivity contribution in [2.45, 2.75) is 37.8 Å². The number of carbonyl (C=O) groups excluding carboxylic acids is 1. The Kier molecular flexibility index (Phi) is 3.34. The molecular weight excluding hydrogens is 158 g/mol. The molecule has 0 aromatic carbocycles. The number of rotatable bonds is 1. The van der Waals surface area contributed by atoms with Gasteiger partial charge in [0.1, 0.15) is 0 Å². The average Bonchev–Trinajstić information content (AvgIpc) is 2.09. The van der Waals surface area contributed by atoms with Crippen LogP contribution in [0, 0.1) is 0 Å². The number of amides is 1. The highest BCUT2D eigenvalue weighted by Crippen LogP contribution is 2.18. The fourth-order valence-corrected chi connectivity index (χ4v) is 1.45. The average molecular weight is 173 g/mol. The summed E-state index contributed by atoms with van der Waals surface area (Å²) < 4.78 is 4.47. The minimum absolute atomic E-state index is 0.180. The van der Waals surface area contributed by atoms with Crippen LogP contribution in [0.1, 0.15) is 25.7 Å². The van der Waals surface area contributed by atoms with E-state index in [0.29, 0.717) is 0 Å². The Morgan fingerprint density at radius 1 is 1.42 bits per heavy atom. The number of hydrogen-bond acceptors (Lipinski definition) is 3. The molecule has 1 aliphatic carbocycles. The first kappa shape index (κ1) is 9.32. The van der Waals surface area contributed by atoms with Gasteiger partial charge in [0.2, 0.25) is 0 Å². The number of aliphatic hydroxyl groups is 1.